The molecule has 2 aromatic carbocycles. The molecule has 0 aliphatic heterocycles. The molecule has 0 aliphatic rings. The number of hydrogen-bond acceptors (Lipinski definition) is 2. The van der Waals surface area contributed by atoms with Gasteiger partial charge in [0.25, 0.3) is 0 Å². The van der Waals surface area contributed by atoms with Crippen LogP contribution in [0, 0.1) is 5.92 Å². The lowest BCUT2D eigenvalue weighted by Gasteiger charge is -2.12. The molecule has 7 heteroatoms. The summed E-state index contributed by atoms with van der Waals surface area (Å²) in [4.78, 5) is 16.4. The predicted molar refractivity (Wildman–Crippen MR) is 128 cm³/mol. The summed E-state index contributed by atoms with van der Waals surface area (Å²) in [7, 11) is 0. The first-order chi connectivity index (χ1) is 13.0. The van der Waals surface area contributed by atoms with Crippen molar-refractivity contribution >= 4 is 53.1 Å². The fourth-order valence-corrected chi connectivity index (χ4v) is 2.41. The Hall–Kier alpha value is -1.80. The van der Waals surface area contributed by atoms with E-state index in [1.165, 1.54) is 0 Å². The Morgan fingerprint density at radius 1 is 1.00 bits per heavy atom. The summed E-state index contributed by atoms with van der Waals surface area (Å²) in [5, 5.41) is 10.2. The van der Waals surface area contributed by atoms with Gasteiger partial charge in [0.05, 0.1) is 6.54 Å². The van der Waals surface area contributed by atoms with Crippen LogP contribution in [-0.4, -0.2) is 18.4 Å². The lowest BCUT2D eigenvalue weighted by molar-refractivity contribution is -0.118. The molecule has 2 aromatic rings. The highest BCUT2D eigenvalue weighted by Crippen LogP contribution is 2.12. The average molecular weight is 515 g/mol. The van der Waals surface area contributed by atoms with E-state index in [2.05, 4.69) is 20.9 Å². The number of rotatable bonds is 7. The molecule has 28 heavy (non-hydrogen) atoms. The second kappa shape index (κ2) is 12.6. The van der Waals surface area contributed by atoms with E-state index in [1.54, 1.807) is 0 Å². The van der Waals surface area contributed by atoms with E-state index < -0.39 is 0 Å². The molecule has 0 unspecified atom stereocenters. The second-order valence-corrected chi connectivity index (χ2v) is 6.95. The number of aliphatic imine (C=N–C) groups is 1. The fourth-order valence-electron chi connectivity index (χ4n) is 2.28. The Morgan fingerprint density at radius 2 is 1.61 bits per heavy atom. The zero-order valence-corrected chi connectivity index (χ0v) is 19.5. The van der Waals surface area contributed by atoms with E-state index in [1.807, 2.05) is 69.3 Å². The van der Waals surface area contributed by atoms with E-state index >= 15 is 0 Å². The SMILES string of the molecule is CCNC(=NCc1ccc(NC(=O)C(C)C)cc1)NCc1ccc(Cl)cc1.I. The molecule has 1 amide bonds. The number of guanidine groups is 1. The fraction of sp³-hybridized carbons (Fsp3) is 0.333. The van der Waals surface area contributed by atoms with E-state index in [4.69, 9.17) is 11.6 Å². The standard InChI is InChI=1S/C21H27ClN4O.HI/c1-4-23-21(24-13-16-5-9-18(22)10-6-16)25-14-17-7-11-19(12-8-17)26-20(27)15(2)3;/h5-12,15H,4,13-14H2,1-3H3,(H,26,27)(H2,23,24,25);1H. The number of hydrogen-bond donors (Lipinski definition) is 3. The maximum Gasteiger partial charge on any atom is 0.226 e. The van der Waals surface area contributed by atoms with Gasteiger partial charge in [-0.25, -0.2) is 4.99 Å². The molecule has 0 saturated heterocycles. The van der Waals surface area contributed by atoms with Crippen LogP contribution >= 0.6 is 35.6 Å². The second-order valence-electron chi connectivity index (χ2n) is 6.52. The number of carbonyl (C=O) groups excluding carboxylic acids is 1. The van der Waals surface area contributed by atoms with Crippen LogP contribution in [0.2, 0.25) is 5.02 Å². The van der Waals surface area contributed by atoms with Crippen molar-refractivity contribution in [3.63, 3.8) is 0 Å². The summed E-state index contributed by atoms with van der Waals surface area (Å²) in [5.41, 5.74) is 3.01. The van der Waals surface area contributed by atoms with Gasteiger partial charge in [-0.1, -0.05) is 49.7 Å². The molecular weight excluding hydrogens is 487 g/mol. The summed E-state index contributed by atoms with van der Waals surface area (Å²) >= 11 is 5.92. The first-order valence-electron chi connectivity index (χ1n) is 9.14. The van der Waals surface area contributed by atoms with Gasteiger partial charge in [0, 0.05) is 29.7 Å². The van der Waals surface area contributed by atoms with Gasteiger partial charge in [-0.2, -0.15) is 0 Å². The Balaban J connectivity index is 0.00000392. The Labute approximate surface area is 189 Å². The largest absolute Gasteiger partial charge is 0.357 e. The Bertz CT molecular complexity index is 761. The maximum atomic E-state index is 11.7. The van der Waals surface area contributed by atoms with Crippen molar-refractivity contribution in [3.05, 3.63) is 64.7 Å². The van der Waals surface area contributed by atoms with Crippen molar-refractivity contribution in [1.82, 2.24) is 10.6 Å². The van der Waals surface area contributed by atoms with Crippen LogP contribution in [0.5, 0.6) is 0 Å². The zero-order chi connectivity index (χ0) is 19.6. The van der Waals surface area contributed by atoms with Gasteiger partial charge < -0.3 is 16.0 Å². The minimum Gasteiger partial charge on any atom is -0.357 e. The molecule has 0 saturated carbocycles. The van der Waals surface area contributed by atoms with Gasteiger partial charge in [-0.15, -0.1) is 24.0 Å². The van der Waals surface area contributed by atoms with E-state index in [-0.39, 0.29) is 35.8 Å². The van der Waals surface area contributed by atoms with Crippen molar-refractivity contribution in [2.75, 3.05) is 11.9 Å². The molecule has 0 aromatic heterocycles. The lowest BCUT2D eigenvalue weighted by atomic mass is 10.2. The quantitative estimate of drug-likeness (QED) is 0.282. The highest BCUT2D eigenvalue weighted by atomic mass is 127. The number of carbonyl (C=O) groups is 1. The molecule has 0 fully saturated rings. The van der Waals surface area contributed by atoms with E-state index in [0.717, 1.165) is 34.3 Å². The molecule has 0 bridgehead atoms. The van der Waals surface area contributed by atoms with E-state index in [9.17, 15) is 4.79 Å². The number of benzene rings is 2. The van der Waals surface area contributed by atoms with E-state index in [0.29, 0.717) is 13.1 Å². The minimum absolute atomic E-state index is 0. The summed E-state index contributed by atoms with van der Waals surface area (Å²) in [5.74, 6) is 0.731. The van der Waals surface area contributed by atoms with Gasteiger partial charge in [0.1, 0.15) is 0 Å². The van der Waals surface area contributed by atoms with Gasteiger partial charge in [0.15, 0.2) is 5.96 Å². The topological polar surface area (TPSA) is 65.5 Å². The predicted octanol–water partition coefficient (Wildman–Crippen LogP) is 4.81. The summed E-state index contributed by atoms with van der Waals surface area (Å²) in [6, 6.07) is 15.5. The van der Waals surface area contributed by atoms with Crippen molar-refractivity contribution in [1.29, 1.82) is 0 Å². The molecule has 152 valence electrons. The number of nitrogens with one attached hydrogen (secondary N) is 3. The Morgan fingerprint density at radius 3 is 2.18 bits per heavy atom. The van der Waals surface area contributed by atoms with Crippen LogP contribution in [0.15, 0.2) is 53.5 Å². The van der Waals surface area contributed by atoms with Crippen molar-refractivity contribution in [2.24, 2.45) is 10.9 Å². The number of halogens is 2. The summed E-state index contributed by atoms with van der Waals surface area (Å²) in [6.45, 7) is 7.78. The molecular formula is C21H28ClIN4O. The third-order valence-corrected chi connectivity index (χ3v) is 4.14. The third-order valence-electron chi connectivity index (χ3n) is 3.88. The van der Waals surface area contributed by atoms with Crippen molar-refractivity contribution < 1.29 is 4.79 Å². The molecule has 0 atom stereocenters. The van der Waals surface area contributed by atoms with Crippen LogP contribution < -0.4 is 16.0 Å². The van der Waals surface area contributed by atoms with Gasteiger partial charge in [-0.05, 0) is 42.3 Å². The number of amides is 1. The molecule has 2 rings (SSSR count). The molecule has 3 N–H and O–H groups in total. The first-order valence-corrected chi connectivity index (χ1v) is 9.52. The van der Waals surface area contributed by atoms with Crippen LogP contribution in [0.4, 0.5) is 5.69 Å². The summed E-state index contributed by atoms with van der Waals surface area (Å²) in [6.07, 6.45) is 0. The van der Waals surface area contributed by atoms with Gasteiger partial charge >= 0.3 is 0 Å². The van der Waals surface area contributed by atoms with Crippen LogP contribution in [0.3, 0.4) is 0 Å². The average Bonchev–Trinajstić information content (AvgIpc) is 2.66. The molecule has 5 nitrogen and oxygen atoms in total. The smallest absolute Gasteiger partial charge is 0.226 e. The maximum absolute atomic E-state index is 11.7. The van der Waals surface area contributed by atoms with Crippen LogP contribution in [0.1, 0.15) is 31.9 Å². The minimum atomic E-state index is -0.0383. The molecule has 0 aliphatic carbocycles. The normalized spacial score (nSPS) is 11.0. The number of nitrogens with zero attached hydrogens (tertiary/aromatic N) is 1. The summed E-state index contributed by atoms with van der Waals surface area (Å²) < 4.78 is 0. The molecule has 0 heterocycles. The monoisotopic (exact) mass is 514 g/mol. The first kappa shape index (κ1) is 24.2. The lowest BCUT2D eigenvalue weighted by Crippen LogP contribution is -2.36. The number of anilines is 1. The van der Waals surface area contributed by atoms with Crippen molar-refractivity contribution in [3.8, 4) is 0 Å². The molecule has 0 radical (unpaired) electrons. The van der Waals surface area contributed by atoms with Crippen LogP contribution in [0.25, 0.3) is 0 Å². The highest BCUT2D eigenvalue weighted by Gasteiger charge is 2.06. The van der Waals surface area contributed by atoms with Crippen LogP contribution in [-0.2, 0) is 17.9 Å². The van der Waals surface area contributed by atoms with Gasteiger partial charge in [-0.3, -0.25) is 4.79 Å². The third kappa shape index (κ3) is 8.48. The van der Waals surface area contributed by atoms with Crippen molar-refractivity contribution in [2.45, 2.75) is 33.9 Å². The van der Waals surface area contributed by atoms with Gasteiger partial charge in [0.2, 0.25) is 5.91 Å². The molecule has 0 spiro atoms. The Kier molecular flexibility index (Phi) is 10.9. The zero-order valence-electron chi connectivity index (χ0n) is 16.5. The highest BCUT2D eigenvalue weighted by molar-refractivity contribution is 14.0.